The van der Waals surface area contributed by atoms with Crippen LogP contribution in [0, 0.1) is 0 Å². The number of carbonyl (C=O) groups excluding carboxylic acids is 10. The summed E-state index contributed by atoms with van der Waals surface area (Å²) in [5.41, 5.74) is 28.6. The minimum absolute atomic E-state index is 0.0150. The highest BCUT2D eigenvalue weighted by molar-refractivity contribution is 8.76. The lowest BCUT2D eigenvalue weighted by molar-refractivity contribution is -0.142. The number of benzene rings is 2. The van der Waals surface area contributed by atoms with E-state index in [1.165, 1.54) is 17.0 Å². The first-order valence-corrected chi connectivity index (χ1v) is 25.6. The van der Waals surface area contributed by atoms with E-state index in [1.54, 1.807) is 42.5 Å². The molecular weight excluding hydrogens is 977 g/mol. The Balaban J connectivity index is 1.70. The van der Waals surface area contributed by atoms with Crippen molar-refractivity contribution in [2.24, 2.45) is 33.7 Å². The number of rotatable bonds is 18. The zero-order valence-electron chi connectivity index (χ0n) is 39.5. The van der Waals surface area contributed by atoms with E-state index in [0.717, 1.165) is 21.6 Å². The molecule has 0 radical (unpaired) electrons. The molecule has 392 valence electrons. The number of nitrogens with one attached hydrogen (secondary N) is 7. The minimum Gasteiger partial charge on any atom is -0.508 e. The van der Waals surface area contributed by atoms with Crippen molar-refractivity contribution in [3.05, 3.63) is 65.7 Å². The Morgan fingerprint density at radius 3 is 2.01 bits per heavy atom. The number of phenolic OH excluding ortho intramolecular Hbond substituents is 1. The molecule has 2 fully saturated rings. The molecule has 4 rings (SSSR count). The van der Waals surface area contributed by atoms with Crippen molar-refractivity contribution in [2.75, 3.05) is 37.7 Å². The van der Waals surface area contributed by atoms with Gasteiger partial charge in [-0.25, -0.2) is 0 Å². The van der Waals surface area contributed by atoms with Gasteiger partial charge in [0.15, 0.2) is 5.96 Å². The quantitative estimate of drug-likeness (QED) is 0.0291. The number of carbonyl (C=O) groups is 10. The third kappa shape index (κ3) is 19.2. The number of aromatic hydroxyl groups is 1. The van der Waals surface area contributed by atoms with Gasteiger partial charge in [-0.15, -0.1) is 0 Å². The van der Waals surface area contributed by atoms with Crippen LogP contribution in [-0.2, 0) is 60.8 Å². The molecule has 2 heterocycles. The van der Waals surface area contributed by atoms with Gasteiger partial charge in [0.05, 0.1) is 13.0 Å². The van der Waals surface area contributed by atoms with E-state index < -0.39 is 114 Å². The summed E-state index contributed by atoms with van der Waals surface area (Å²) in [6.07, 6.45) is -0.520. The summed E-state index contributed by atoms with van der Waals surface area (Å²) >= 11 is 0. The highest BCUT2D eigenvalue weighted by Crippen LogP contribution is 2.26. The maximum atomic E-state index is 14.5. The molecular formula is C45H64N14O11S2. The third-order valence-electron chi connectivity index (χ3n) is 11.3. The Labute approximate surface area is 423 Å². The molecule has 18 N–H and O–H groups in total. The second kappa shape index (κ2) is 29.3. The Kier molecular flexibility index (Phi) is 23.4. The van der Waals surface area contributed by atoms with Crippen LogP contribution >= 0.6 is 21.6 Å². The molecule has 0 aromatic heterocycles. The van der Waals surface area contributed by atoms with Gasteiger partial charge in [-0.05, 0) is 61.9 Å². The van der Waals surface area contributed by atoms with Crippen LogP contribution in [0.1, 0.15) is 56.1 Å². The zero-order chi connectivity index (χ0) is 52.7. The Morgan fingerprint density at radius 1 is 0.764 bits per heavy atom. The summed E-state index contributed by atoms with van der Waals surface area (Å²) < 4.78 is 0. The van der Waals surface area contributed by atoms with Crippen molar-refractivity contribution < 1.29 is 53.1 Å². The number of primary amides is 2. The third-order valence-corrected chi connectivity index (χ3v) is 13.7. The number of aliphatic imine (C=N–C) groups is 1. The van der Waals surface area contributed by atoms with Gasteiger partial charge in [-0.3, -0.25) is 52.9 Å². The van der Waals surface area contributed by atoms with Crippen molar-refractivity contribution in [1.82, 2.24) is 42.1 Å². The first-order valence-electron chi connectivity index (χ1n) is 23.1. The number of nitrogens with two attached hydrogens (primary N) is 5. The first-order chi connectivity index (χ1) is 34.3. The molecule has 7 unspecified atom stereocenters. The molecule has 0 aliphatic carbocycles. The van der Waals surface area contributed by atoms with Crippen molar-refractivity contribution >= 4 is 86.6 Å². The van der Waals surface area contributed by atoms with Crippen molar-refractivity contribution in [1.29, 1.82) is 0 Å². The summed E-state index contributed by atoms with van der Waals surface area (Å²) in [5.74, 6) is -8.39. The van der Waals surface area contributed by atoms with E-state index in [1.807, 2.05) is 0 Å². The largest absolute Gasteiger partial charge is 0.508 e. The fourth-order valence-corrected chi connectivity index (χ4v) is 9.81. The Bertz CT molecular complexity index is 2270. The monoisotopic (exact) mass is 1040 g/mol. The van der Waals surface area contributed by atoms with Crippen molar-refractivity contribution in [3.63, 3.8) is 0 Å². The normalized spacial score (nSPS) is 22.1. The Hall–Kier alpha value is -7.13. The molecule has 10 amide bonds. The maximum absolute atomic E-state index is 14.5. The fraction of sp³-hybridized carbons (Fsp3) is 0.489. The average molecular weight is 1040 g/mol. The number of hydrogen-bond donors (Lipinski definition) is 13. The van der Waals surface area contributed by atoms with Crippen LogP contribution in [0.25, 0.3) is 0 Å². The predicted octanol–water partition coefficient (Wildman–Crippen LogP) is -4.26. The molecule has 0 bridgehead atoms. The fourth-order valence-electron chi connectivity index (χ4n) is 7.66. The standard InChI is InChI=1S/C45H64N14O11S2/c46-16-14-29(38(64)52-23-36(48)62)55-43(69)34-9-5-18-59(34)44(70)33-24-72-71-19-15-37(63)53-30(21-26-10-12-27(60)13-11-26)40(66)56-31(20-25-6-2-1-3-7-25)41(67)54-28(8-4-17-51-45(49)50)39(65)57-32(22-35(47)61)42(68)58-33/h1-3,6-7,10-13,28-34,60H,4-5,8-9,14-24,46H2,(H2,47,61)(H2,48,62)(H,52,64)(H,53,63)(H,54,67)(H,55,69)(H,56,66)(H,57,65)(H,58,68)(H4,49,50,51). The van der Waals surface area contributed by atoms with E-state index in [4.69, 9.17) is 28.7 Å². The molecule has 72 heavy (non-hydrogen) atoms. The van der Waals surface area contributed by atoms with Gasteiger partial charge in [0.25, 0.3) is 0 Å². The molecule has 2 aliphatic rings. The van der Waals surface area contributed by atoms with Crippen LogP contribution in [-0.4, -0.2) is 155 Å². The maximum Gasteiger partial charge on any atom is 0.246 e. The smallest absolute Gasteiger partial charge is 0.246 e. The topological polar surface area (TPSA) is 421 Å². The zero-order valence-corrected chi connectivity index (χ0v) is 41.1. The van der Waals surface area contributed by atoms with Crippen molar-refractivity contribution in [3.8, 4) is 5.75 Å². The van der Waals surface area contributed by atoms with Gasteiger partial charge >= 0.3 is 0 Å². The number of amides is 10. The van der Waals surface area contributed by atoms with E-state index >= 15 is 0 Å². The molecule has 2 aliphatic heterocycles. The Morgan fingerprint density at radius 2 is 1.38 bits per heavy atom. The van der Waals surface area contributed by atoms with Crippen LogP contribution in [0.4, 0.5) is 0 Å². The predicted molar refractivity (Wildman–Crippen MR) is 267 cm³/mol. The van der Waals surface area contributed by atoms with Crippen molar-refractivity contribution in [2.45, 2.75) is 100 Å². The number of hydrogen-bond acceptors (Lipinski definition) is 15. The molecule has 2 aromatic rings. The highest BCUT2D eigenvalue weighted by atomic mass is 33.1. The van der Waals surface area contributed by atoms with Gasteiger partial charge in [-0.2, -0.15) is 0 Å². The lowest BCUT2D eigenvalue weighted by Crippen LogP contribution is -2.61. The van der Waals surface area contributed by atoms with Gasteiger partial charge in [0.2, 0.25) is 59.1 Å². The molecule has 7 atom stereocenters. The summed E-state index contributed by atoms with van der Waals surface area (Å²) in [5, 5.41) is 28.1. The van der Waals surface area contributed by atoms with E-state index in [9.17, 15) is 53.1 Å². The minimum atomic E-state index is -1.71. The summed E-state index contributed by atoms with van der Waals surface area (Å²) in [7, 11) is 2.24. The van der Waals surface area contributed by atoms with E-state index in [2.05, 4.69) is 42.2 Å². The molecule has 0 saturated carbocycles. The highest BCUT2D eigenvalue weighted by Gasteiger charge is 2.40. The SMILES string of the molecule is NCCC(NC(=O)C1CCCN1C(=O)C1CSSCCC(=O)NC(Cc2ccc(O)cc2)C(=O)NC(Cc2ccccc2)C(=O)NC(CCCN=C(N)N)C(=O)NC(CC(N)=O)C(=O)N1)C(=O)NCC(N)=O. The van der Waals surface area contributed by atoms with Gasteiger partial charge in [0, 0.05) is 43.9 Å². The molecule has 2 saturated heterocycles. The second-order valence-corrected chi connectivity index (χ2v) is 19.5. The molecule has 25 nitrogen and oxygen atoms in total. The molecule has 2 aromatic carbocycles. The number of guanidine groups is 1. The van der Waals surface area contributed by atoms with Gasteiger partial charge in [0.1, 0.15) is 48.0 Å². The summed E-state index contributed by atoms with van der Waals surface area (Å²) in [4.78, 5) is 141. The van der Waals surface area contributed by atoms with E-state index in [0.29, 0.717) is 17.5 Å². The summed E-state index contributed by atoms with van der Waals surface area (Å²) in [6, 6.07) is 5.19. The van der Waals surface area contributed by atoms with Gasteiger partial charge in [-0.1, -0.05) is 64.1 Å². The average Bonchev–Trinajstić information content (AvgIpc) is 3.83. The van der Waals surface area contributed by atoms with Crippen LogP contribution < -0.4 is 65.9 Å². The van der Waals surface area contributed by atoms with Crippen LogP contribution in [0.3, 0.4) is 0 Å². The molecule has 27 heteroatoms. The van der Waals surface area contributed by atoms with Crippen LogP contribution in [0.15, 0.2) is 59.6 Å². The van der Waals surface area contributed by atoms with E-state index in [-0.39, 0.29) is 87.8 Å². The van der Waals surface area contributed by atoms with Gasteiger partial charge < -0.3 is 75.9 Å². The lowest BCUT2D eigenvalue weighted by Gasteiger charge is -2.30. The molecule has 0 spiro atoms. The first kappa shape index (κ1) is 57.4. The lowest BCUT2D eigenvalue weighted by atomic mass is 10.0. The van der Waals surface area contributed by atoms with Crippen LogP contribution in [0.2, 0.25) is 0 Å². The second-order valence-electron chi connectivity index (χ2n) is 16.9. The summed E-state index contributed by atoms with van der Waals surface area (Å²) in [6.45, 7) is -0.443. The number of phenols is 1. The number of nitrogens with zero attached hydrogens (tertiary/aromatic N) is 2. The van der Waals surface area contributed by atoms with Crippen LogP contribution in [0.5, 0.6) is 5.75 Å². The number of likely N-dealkylation sites (tertiary alicyclic amines) is 1.